The lowest BCUT2D eigenvalue weighted by Crippen LogP contribution is -2.39. The molecule has 0 spiro atoms. The first-order chi connectivity index (χ1) is 8.88. The molecule has 0 amide bonds. The minimum Gasteiger partial charge on any atom is -0.494 e. The molecule has 1 fully saturated rings. The second-order valence-electron chi connectivity index (χ2n) is 5.09. The van der Waals surface area contributed by atoms with E-state index in [1.165, 1.54) is 6.26 Å². The van der Waals surface area contributed by atoms with E-state index in [0.717, 1.165) is 12.2 Å². The quantitative estimate of drug-likeness (QED) is 0.917. The monoisotopic (exact) mass is 284 g/mol. The van der Waals surface area contributed by atoms with Gasteiger partial charge >= 0.3 is 0 Å². The Bertz CT molecular complexity index is 535. The highest BCUT2D eigenvalue weighted by Gasteiger charge is 2.47. The Balaban J connectivity index is 2.33. The molecule has 1 aromatic carbocycles. The first-order valence-corrected chi connectivity index (χ1v) is 8.48. The molecule has 0 heterocycles. The molecule has 0 radical (unpaired) electrons. The molecule has 2 rings (SSSR count). The van der Waals surface area contributed by atoms with Crippen LogP contribution < -0.4 is 4.74 Å². The number of hydrogen-bond acceptors (Lipinski definition) is 4. The van der Waals surface area contributed by atoms with E-state index in [4.69, 9.17) is 4.74 Å². The van der Waals surface area contributed by atoms with E-state index < -0.39 is 20.7 Å². The van der Waals surface area contributed by atoms with Gasteiger partial charge in [-0.2, -0.15) is 0 Å². The Hall–Kier alpha value is -1.07. The van der Waals surface area contributed by atoms with Crippen LogP contribution in [0.1, 0.15) is 31.7 Å². The summed E-state index contributed by atoms with van der Waals surface area (Å²) in [6.45, 7) is 2.48. The third-order valence-corrected chi connectivity index (χ3v) is 5.40. The summed E-state index contributed by atoms with van der Waals surface area (Å²) in [5.41, 5.74) is -0.609. The van der Waals surface area contributed by atoms with Crippen molar-refractivity contribution in [2.45, 2.75) is 37.0 Å². The van der Waals surface area contributed by atoms with Crippen LogP contribution in [0.25, 0.3) is 0 Å². The summed E-state index contributed by atoms with van der Waals surface area (Å²) in [4.78, 5) is 0. The Kier molecular flexibility index (Phi) is 3.87. The zero-order valence-electron chi connectivity index (χ0n) is 11.3. The van der Waals surface area contributed by atoms with Gasteiger partial charge in [0, 0.05) is 6.26 Å². The lowest BCUT2D eigenvalue weighted by molar-refractivity contribution is 0.0476. The van der Waals surface area contributed by atoms with E-state index in [9.17, 15) is 13.5 Å². The van der Waals surface area contributed by atoms with Crippen molar-refractivity contribution >= 4 is 9.84 Å². The normalized spacial score (nSPS) is 27.4. The van der Waals surface area contributed by atoms with Gasteiger partial charge in [0.25, 0.3) is 0 Å². The van der Waals surface area contributed by atoms with Gasteiger partial charge in [-0.1, -0.05) is 12.1 Å². The first-order valence-electron chi connectivity index (χ1n) is 6.52. The molecular weight excluding hydrogens is 264 g/mol. The van der Waals surface area contributed by atoms with E-state index in [1.807, 2.05) is 6.92 Å². The van der Waals surface area contributed by atoms with Crippen molar-refractivity contribution in [1.82, 2.24) is 0 Å². The molecule has 0 aliphatic heterocycles. The van der Waals surface area contributed by atoms with Gasteiger partial charge in [0.15, 0.2) is 9.84 Å². The summed E-state index contributed by atoms with van der Waals surface area (Å²) < 4.78 is 29.0. The Morgan fingerprint density at radius 2 is 2.00 bits per heavy atom. The summed E-state index contributed by atoms with van der Waals surface area (Å²) in [5, 5.41) is 10.0. The van der Waals surface area contributed by atoms with Crippen molar-refractivity contribution in [3.8, 4) is 5.75 Å². The number of sulfone groups is 1. The molecule has 0 saturated heterocycles. The van der Waals surface area contributed by atoms with Gasteiger partial charge in [-0.25, -0.2) is 8.42 Å². The minimum absolute atomic E-state index is 0.485. The zero-order chi connectivity index (χ0) is 14.1. The first kappa shape index (κ1) is 14.3. The van der Waals surface area contributed by atoms with Crippen molar-refractivity contribution in [2.24, 2.45) is 0 Å². The van der Waals surface area contributed by atoms with Crippen LogP contribution in [0, 0.1) is 0 Å². The van der Waals surface area contributed by atoms with Crippen molar-refractivity contribution in [3.05, 3.63) is 29.8 Å². The van der Waals surface area contributed by atoms with Crippen molar-refractivity contribution < 1.29 is 18.3 Å². The van der Waals surface area contributed by atoms with Crippen LogP contribution in [0.5, 0.6) is 5.75 Å². The maximum Gasteiger partial charge on any atom is 0.153 e. The van der Waals surface area contributed by atoms with Crippen LogP contribution in [-0.2, 0) is 15.4 Å². The highest BCUT2D eigenvalue weighted by Crippen LogP contribution is 2.42. The summed E-state index contributed by atoms with van der Waals surface area (Å²) in [6, 6.07) is 7.06. The molecule has 1 aliphatic carbocycles. The van der Waals surface area contributed by atoms with Crippen LogP contribution in [-0.4, -0.2) is 31.6 Å². The maximum atomic E-state index is 11.8. The average Bonchev–Trinajstić information content (AvgIpc) is 2.74. The summed E-state index contributed by atoms with van der Waals surface area (Å²) in [7, 11) is -3.26. The lowest BCUT2D eigenvalue weighted by Gasteiger charge is -2.29. The van der Waals surface area contributed by atoms with Gasteiger partial charge in [0.1, 0.15) is 11.4 Å². The van der Waals surface area contributed by atoms with Crippen LogP contribution >= 0.6 is 0 Å². The van der Waals surface area contributed by atoms with Gasteiger partial charge in [0.2, 0.25) is 0 Å². The summed E-state index contributed by atoms with van der Waals surface area (Å²) in [5.74, 6) is 0.726. The standard InChI is InChI=1S/C14H20O4S/c1-3-18-12-8-6-11(7-9-12)14(15)10-4-5-13(14)19(2,16)17/h6-9,13,15H,3-5,10H2,1-2H3. The smallest absolute Gasteiger partial charge is 0.153 e. The second-order valence-corrected chi connectivity index (χ2v) is 7.32. The SMILES string of the molecule is CCOc1ccc(C2(O)CCCC2S(C)(=O)=O)cc1. The topological polar surface area (TPSA) is 63.6 Å². The molecule has 1 saturated carbocycles. The molecule has 2 unspecified atom stereocenters. The number of rotatable bonds is 4. The van der Waals surface area contributed by atoms with Crippen LogP contribution in [0.4, 0.5) is 0 Å². The molecule has 106 valence electrons. The summed E-state index contributed by atoms with van der Waals surface area (Å²) in [6.07, 6.45) is 2.92. The van der Waals surface area contributed by atoms with E-state index >= 15 is 0 Å². The fraction of sp³-hybridized carbons (Fsp3) is 0.571. The molecular formula is C14H20O4S. The van der Waals surface area contributed by atoms with Crippen LogP contribution in [0.15, 0.2) is 24.3 Å². The van der Waals surface area contributed by atoms with Gasteiger partial charge in [-0.3, -0.25) is 0 Å². The predicted molar refractivity (Wildman–Crippen MR) is 74.0 cm³/mol. The molecule has 4 nitrogen and oxygen atoms in total. The highest BCUT2D eigenvalue weighted by atomic mass is 32.2. The fourth-order valence-corrected chi connectivity index (χ4v) is 4.42. The Morgan fingerprint density at radius 1 is 1.37 bits per heavy atom. The minimum atomic E-state index is -3.26. The molecule has 1 aromatic rings. The Labute approximate surface area is 114 Å². The van der Waals surface area contributed by atoms with Gasteiger partial charge in [-0.15, -0.1) is 0 Å². The highest BCUT2D eigenvalue weighted by molar-refractivity contribution is 7.91. The van der Waals surface area contributed by atoms with E-state index in [-0.39, 0.29) is 0 Å². The summed E-state index contributed by atoms with van der Waals surface area (Å²) >= 11 is 0. The lowest BCUT2D eigenvalue weighted by atomic mass is 9.92. The number of benzene rings is 1. The molecule has 1 N–H and O–H groups in total. The van der Waals surface area contributed by atoms with Gasteiger partial charge < -0.3 is 9.84 Å². The third kappa shape index (κ3) is 2.77. The molecule has 2 atom stereocenters. The Morgan fingerprint density at radius 3 is 2.53 bits per heavy atom. The van der Waals surface area contributed by atoms with Gasteiger partial charge in [-0.05, 0) is 43.9 Å². The molecule has 1 aliphatic rings. The number of hydrogen-bond donors (Lipinski definition) is 1. The molecule has 19 heavy (non-hydrogen) atoms. The second kappa shape index (κ2) is 5.13. The van der Waals surface area contributed by atoms with E-state index in [1.54, 1.807) is 24.3 Å². The van der Waals surface area contributed by atoms with E-state index in [2.05, 4.69) is 0 Å². The predicted octanol–water partition coefficient (Wildman–Crippen LogP) is 1.87. The third-order valence-electron chi connectivity index (χ3n) is 3.74. The van der Waals surface area contributed by atoms with Gasteiger partial charge in [0.05, 0.1) is 11.9 Å². The van der Waals surface area contributed by atoms with Crippen molar-refractivity contribution in [1.29, 1.82) is 0 Å². The fourth-order valence-electron chi connectivity index (χ4n) is 2.86. The zero-order valence-corrected chi connectivity index (χ0v) is 12.1. The van der Waals surface area contributed by atoms with Crippen LogP contribution in [0.3, 0.4) is 0 Å². The molecule has 0 bridgehead atoms. The van der Waals surface area contributed by atoms with E-state index in [0.29, 0.717) is 25.0 Å². The van der Waals surface area contributed by atoms with Crippen molar-refractivity contribution in [3.63, 3.8) is 0 Å². The number of ether oxygens (including phenoxy) is 1. The van der Waals surface area contributed by atoms with Crippen LogP contribution in [0.2, 0.25) is 0 Å². The largest absolute Gasteiger partial charge is 0.494 e. The number of aliphatic hydroxyl groups is 1. The average molecular weight is 284 g/mol. The molecule has 0 aromatic heterocycles. The van der Waals surface area contributed by atoms with Crippen molar-refractivity contribution in [2.75, 3.05) is 12.9 Å². The maximum absolute atomic E-state index is 11.8. The molecule has 5 heteroatoms.